The highest BCUT2D eigenvalue weighted by Crippen LogP contribution is 2.41. The minimum Gasteiger partial charge on any atom is -0.484 e. The van der Waals surface area contributed by atoms with E-state index in [1.807, 2.05) is 84.9 Å². The number of ether oxygens (including phenoxy) is 2. The van der Waals surface area contributed by atoms with Crippen LogP contribution in [0.15, 0.2) is 120 Å². The number of esters is 1. The number of thiophene rings is 1. The molecule has 1 unspecified atom stereocenters. The van der Waals surface area contributed by atoms with Gasteiger partial charge in [-0.05, 0) is 53.4 Å². The van der Waals surface area contributed by atoms with E-state index in [4.69, 9.17) is 9.47 Å². The number of thioether (sulfide) groups is 1. The summed E-state index contributed by atoms with van der Waals surface area (Å²) < 4.78 is 10.8. The van der Waals surface area contributed by atoms with Gasteiger partial charge in [0.05, 0.1) is 12.7 Å². The van der Waals surface area contributed by atoms with Crippen molar-refractivity contribution in [2.75, 3.05) is 30.9 Å². The van der Waals surface area contributed by atoms with Crippen molar-refractivity contribution in [1.29, 1.82) is 0 Å². The summed E-state index contributed by atoms with van der Waals surface area (Å²) in [5.41, 5.74) is 4.00. The number of rotatable bonds is 12. The predicted octanol–water partition coefficient (Wildman–Crippen LogP) is 7.58. The lowest BCUT2D eigenvalue weighted by atomic mass is 10.0. The summed E-state index contributed by atoms with van der Waals surface area (Å²) in [6.07, 6.45) is 0.685. The number of methoxy groups -OCH3 is 1. The van der Waals surface area contributed by atoms with Gasteiger partial charge in [0.1, 0.15) is 16.0 Å². The normalized spacial score (nSPS) is 13.2. The van der Waals surface area contributed by atoms with E-state index in [2.05, 4.69) is 27.7 Å². The fraction of sp³-hybridized carbons (Fsp3) is 0.184. The van der Waals surface area contributed by atoms with Gasteiger partial charge in [-0.3, -0.25) is 14.5 Å². The van der Waals surface area contributed by atoms with Gasteiger partial charge in [0.25, 0.3) is 5.91 Å². The van der Waals surface area contributed by atoms with Crippen molar-refractivity contribution < 1.29 is 23.9 Å². The van der Waals surface area contributed by atoms with Crippen molar-refractivity contribution in [3.63, 3.8) is 0 Å². The van der Waals surface area contributed by atoms with Gasteiger partial charge < -0.3 is 20.1 Å². The van der Waals surface area contributed by atoms with Crippen LogP contribution in [0.25, 0.3) is 0 Å². The topological polar surface area (TPSA) is 97.0 Å². The Labute approximate surface area is 288 Å². The first-order valence-electron chi connectivity index (χ1n) is 15.6. The van der Waals surface area contributed by atoms with E-state index in [-0.39, 0.29) is 18.4 Å². The van der Waals surface area contributed by atoms with Crippen LogP contribution in [-0.2, 0) is 33.8 Å². The Morgan fingerprint density at radius 1 is 0.875 bits per heavy atom. The number of amides is 2. The standard InChI is InChI=1S/C38H35N3O5S2/c1-45-38(44)34-31-20-21-41(23-26-12-5-2-6-13-26)24-32(31)48-37(34)40-36(43)35(27-14-7-3-8-15-27)47-30-19-11-16-28(22-30)39-33(42)25-46-29-17-9-4-10-18-29/h2-19,22,35H,20-21,23-25H2,1H3,(H,39,42)(H,40,43). The summed E-state index contributed by atoms with van der Waals surface area (Å²) in [4.78, 5) is 44.0. The zero-order valence-electron chi connectivity index (χ0n) is 26.4. The molecule has 2 amide bonds. The van der Waals surface area contributed by atoms with Crippen LogP contribution in [0.1, 0.15) is 37.2 Å². The number of hydrogen-bond donors (Lipinski definition) is 2. The van der Waals surface area contributed by atoms with Crippen LogP contribution in [0.2, 0.25) is 0 Å². The predicted molar refractivity (Wildman–Crippen MR) is 191 cm³/mol. The molecule has 0 aliphatic carbocycles. The van der Waals surface area contributed by atoms with E-state index in [1.165, 1.54) is 35.8 Å². The van der Waals surface area contributed by atoms with E-state index >= 15 is 0 Å². The lowest BCUT2D eigenvalue weighted by Crippen LogP contribution is -2.29. The number of nitrogens with one attached hydrogen (secondary N) is 2. The van der Waals surface area contributed by atoms with Crippen molar-refractivity contribution in [3.8, 4) is 5.75 Å². The Kier molecular flexibility index (Phi) is 10.9. The van der Waals surface area contributed by atoms with Gasteiger partial charge in [-0.2, -0.15) is 0 Å². The van der Waals surface area contributed by atoms with Crippen molar-refractivity contribution in [2.24, 2.45) is 0 Å². The number of fused-ring (bicyclic) bond motifs is 1. The molecule has 2 N–H and O–H groups in total. The van der Waals surface area contributed by atoms with Crippen LogP contribution in [0.4, 0.5) is 10.7 Å². The third-order valence-corrected chi connectivity index (χ3v) is 10.2. The molecule has 10 heteroatoms. The molecule has 8 nitrogen and oxygen atoms in total. The number of benzene rings is 4. The lowest BCUT2D eigenvalue weighted by Gasteiger charge is -2.27. The molecule has 48 heavy (non-hydrogen) atoms. The van der Waals surface area contributed by atoms with Gasteiger partial charge in [-0.25, -0.2) is 4.79 Å². The molecule has 0 saturated carbocycles. The molecule has 1 aliphatic rings. The summed E-state index contributed by atoms with van der Waals surface area (Å²) in [6, 6.07) is 36.3. The zero-order valence-corrected chi connectivity index (χ0v) is 28.0. The fourth-order valence-corrected chi connectivity index (χ4v) is 7.93. The minimum absolute atomic E-state index is 0.131. The minimum atomic E-state index is -0.641. The highest BCUT2D eigenvalue weighted by atomic mass is 32.2. The van der Waals surface area contributed by atoms with Crippen LogP contribution in [0, 0.1) is 0 Å². The molecular weight excluding hydrogens is 643 g/mol. The van der Waals surface area contributed by atoms with Gasteiger partial charge in [0.2, 0.25) is 5.91 Å². The SMILES string of the molecule is COC(=O)c1c(NC(=O)C(Sc2cccc(NC(=O)COc3ccccc3)c2)c2ccccc2)sc2c1CCN(Cc1ccccc1)C2. The molecule has 1 atom stereocenters. The summed E-state index contributed by atoms with van der Waals surface area (Å²) in [6.45, 7) is 2.15. The van der Waals surface area contributed by atoms with Crippen LogP contribution in [-0.4, -0.2) is 42.9 Å². The Hall–Kier alpha value is -4.90. The van der Waals surface area contributed by atoms with Crippen LogP contribution in [0.3, 0.4) is 0 Å². The molecule has 2 heterocycles. The van der Waals surface area contributed by atoms with Crippen molar-refractivity contribution >= 4 is 51.6 Å². The Morgan fingerprint density at radius 3 is 2.31 bits per heavy atom. The maximum Gasteiger partial charge on any atom is 0.341 e. The Morgan fingerprint density at radius 2 is 1.58 bits per heavy atom. The number of para-hydroxylation sites is 1. The van der Waals surface area contributed by atoms with E-state index in [9.17, 15) is 14.4 Å². The zero-order chi connectivity index (χ0) is 33.3. The second-order valence-corrected chi connectivity index (χ2v) is 13.5. The fourth-order valence-electron chi connectivity index (χ4n) is 5.56. The molecule has 4 aromatic carbocycles. The average Bonchev–Trinajstić information content (AvgIpc) is 3.47. The molecule has 0 radical (unpaired) electrons. The highest BCUT2D eigenvalue weighted by molar-refractivity contribution is 8.00. The van der Waals surface area contributed by atoms with E-state index in [1.54, 1.807) is 18.2 Å². The molecule has 0 fully saturated rings. The molecule has 5 aromatic rings. The number of anilines is 2. The number of carbonyl (C=O) groups excluding carboxylic acids is 3. The summed E-state index contributed by atoms with van der Waals surface area (Å²) in [5, 5.41) is 5.83. The number of nitrogens with zero attached hydrogens (tertiary/aromatic N) is 1. The first-order chi connectivity index (χ1) is 23.5. The van der Waals surface area contributed by atoms with Crippen LogP contribution >= 0.6 is 23.1 Å². The average molecular weight is 678 g/mol. The third-order valence-electron chi connectivity index (χ3n) is 7.84. The van der Waals surface area contributed by atoms with Crippen molar-refractivity contribution in [2.45, 2.75) is 29.7 Å². The monoisotopic (exact) mass is 677 g/mol. The molecule has 0 spiro atoms. The maximum absolute atomic E-state index is 14.1. The Bertz CT molecular complexity index is 1870. The maximum atomic E-state index is 14.1. The summed E-state index contributed by atoms with van der Waals surface area (Å²) in [5.74, 6) is -0.400. The quantitative estimate of drug-likeness (QED) is 0.104. The highest BCUT2D eigenvalue weighted by Gasteiger charge is 2.31. The van der Waals surface area contributed by atoms with Gasteiger partial charge in [0, 0.05) is 35.1 Å². The van der Waals surface area contributed by atoms with Gasteiger partial charge in [0.15, 0.2) is 6.61 Å². The molecule has 0 saturated heterocycles. The summed E-state index contributed by atoms with van der Waals surface area (Å²) in [7, 11) is 1.37. The molecule has 244 valence electrons. The van der Waals surface area contributed by atoms with Gasteiger partial charge in [-0.15, -0.1) is 23.1 Å². The van der Waals surface area contributed by atoms with Crippen LogP contribution < -0.4 is 15.4 Å². The van der Waals surface area contributed by atoms with Crippen LogP contribution in [0.5, 0.6) is 5.75 Å². The van der Waals surface area contributed by atoms with Gasteiger partial charge >= 0.3 is 5.97 Å². The first-order valence-corrected chi connectivity index (χ1v) is 17.3. The largest absolute Gasteiger partial charge is 0.484 e. The number of hydrogen-bond acceptors (Lipinski definition) is 8. The molecule has 1 aliphatic heterocycles. The van der Waals surface area contributed by atoms with E-state index < -0.39 is 11.2 Å². The molecule has 1 aromatic heterocycles. The smallest absolute Gasteiger partial charge is 0.341 e. The summed E-state index contributed by atoms with van der Waals surface area (Å²) >= 11 is 2.80. The number of carbonyl (C=O) groups is 3. The molecule has 0 bridgehead atoms. The lowest BCUT2D eigenvalue weighted by molar-refractivity contribution is -0.118. The molecule has 6 rings (SSSR count). The van der Waals surface area contributed by atoms with Gasteiger partial charge in [-0.1, -0.05) is 84.9 Å². The van der Waals surface area contributed by atoms with Crippen molar-refractivity contribution in [1.82, 2.24) is 4.90 Å². The Balaban J connectivity index is 1.19. The first kappa shape index (κ1) is 33.0. The second-order valence-electron chi connectivity index (χ2n) is 11.2. The second kappa shape index (κ2) is 15.8. The third kappa shape index (κ3) is 8.32. The van der Waals surface area contributed by atoms with E-state index in [0.717, 1.165) is 34.0 Å². The van der Waals surface area contributed by atoms with E-state index in [0.29, 0.717) is 35.0 Å². The van der Waals surface area contributed by atoms with Crippen molar-refractivity contribution in [3.05, 3.63) is 142 Å². The molecular formula is C38H35N3O5S2.